The smallest absolute Gasteiger partial charge is 0.259 e. The van der Waals surface area contributed by atoms with Crippen LogP contribution in [0.3, 0.4) is 0 Å². The Morgan fingerprint density at radius 3 is 2.68 bits per heavy atom. The van der Waals surface area contributed by atoms with Crippen LogP contribution in [0.4, 0.5) is 5.69 Å². The van der Waals surface area contributed by atoms with E-state index in [0.29, 0.717) is 16.5 Å². The number of amides is 1. The molecule has 0 aliphatic rings. The van der Waals surface area contributed by atoms with Gasteiger partial charge in [-0.2, -0.15) is 5.10 Å². The maximum absolute atomic E-state index is 11.9. The van der Waals surface area contributed by atoms with E-state index in [-0.39, 0.29) is 12.5 Å². The quantitative estimate of drug-likeness (QED) is 0.586. The highest BCUT2D eigenvalue weighted by Gasteiger charge is 2.04. The summed E-state index contributed by atoms with van der Waals surface area (Å²) < 4.78 is 10.4. The molecule has 7 heteroatoms. The Labute approximate surface area is 151 Å². The maximum Gasteiger partial charge on any atom is 0.259 e. The zero-order valence-corrected chi connectivity index (χ0v) is 15.1. The van der Waals surface area contributed by atoms with E-state index >= 15 is 0 Å². The lowest BCUT2D eigenvalue weighted by atomic mass is 10.2. The number of hydrogen-bond donors (Lipinski definition) is 2. The van der Waals surface area contributed by atoms with Crippen molar-refractivity contribution in [3.05, 3.63) is 52.5 Å². The van der Waals surface area contributed by atoms with Crippen molar-refractivity contribution in [3.63, 3.8) is 0 Å². The summed E-state index contributed by atoms with van der Waals surface area (Å²) in [4.78, 5) is 11.9. The molecule has 0 heterocycles. The lowest BCUT2D eigenvalue weighted by Gasteiger charge is -2.09. The van der Waals surface area contributed by atoms with Gasteiger partial charge >= 0.3 is 0 Å². The van der Waals surface area contributed by atoms with Crippen molar-refractivity contribution in [2.75, 3.05) is 26.1 Å². The molecular weight excluding hydrogens is 342 g/mol. The average molecular weight is 362 g/mol. The minimum Gasteiger partial charge on any atom is -0.497 e. The summed E-state index contributed by atoms with van der Waals surface area (Å²) >= 11 is 5.91. The fourth-order valence-corrected chi connectivity index (χ4v) is 2.37. The number of benzene rings is 2. The predicted octanol–water partition coefficient (Wildman–Crippen LogP) is 3.23. The number of hydrazone groups is 1. The van der Waals surface area contributed by atoms with E-state index in [1.807, 2.05) is 19.1 Å². The number of hydrogen-bond acceptors (Lipinski definition) is 5. The summed E-state index contributed by atoms with van der Waals surface area (Å²) in [7, 11) is 3.14. The Morgan fingerprint density at radius 1 is 1.20 bits per heavy atom. The third-order valence-corrected chi connectivity index (χ3v) is 3.70. The Hall–Kier alpha value is -2.73. The molecule has 0 unspecified atom stereocenters. The van der Waals surface area contributed by atoms with Crippen LogP contribution < -0.4 is 20.2 Å². The standard InChI is InChI=1S/C18H20ClN3O3/c1-12-8-14(19)5-7-16(12)20-11-18(23)22-21-10-13-4-6-15(24-2)9-17(13)25-3/h4-10,20H,11H2,1-3H3,(H,22,23)/b21-10+. The van der Waals surface area contributed by atoms with Crippen LogP contribution in [-0.4, -0.2) is 32.9 Å². The molecule has 0 radical (unpaired) electrons. The van der Waals surface area contributed by atoms with E-state index in [0.717, 1.165) is 16.8 Å². The highest BCUT2D eigenvalue weighted by atomic mass is 35.5. The zero-order chi connectivity index (χ0) is 18.2. The third-order valence-electron chi connectivity index (χ3n) is 3.46. The number of carbonyl (C=O) groups excluding carboxylic acids is 1. The summed E-state index contributed by atoms with van der Waals surface area (Å²) in [5.41, 5.74) is 5.01. The van der Waals surface area contributed by atoms with Crippen LogP contribution in [-0.2, 0) is 4.79 Å². The van der Waals surface area contributed by atoms with Crippen LogP contribution in [0.5, 0.6) is 11.5 Å². The first kappa shape index (κ1) is 18.6. The Kier molecular flexibility index (Phi) is 6.65. The first-order valence-corrected chi connectivity index (χ1v) is 7.95. The van der Waals surface area contributed by atoms with Gasteiger partial charge in [-0.15, -0.1) is 0 Å². The lowest BCUT2D eigenvalue weighted by Crippen LogP contribution is -2.26. The molecule has 2 N–H and O–H groups in total. The molecule has 0 saturated carbocycles. The van der Waals surface area contributed by atoms with Gasteiger partial charge in [-0.25, -0.2) is 5.43 Å². The Morgan fingerprint density at radius 2 is 2.00 bits per heavy atom. The minimum atomic E-state index is -0.266. The molecule has 0 bridgehead atoms. The molecule has 1 amide bonds. The monoisotopic (exact) mass is 361 g/mol. The van der Waals surface area contributed by atoms with Gasteiger partial charge in [-0.3, -0.25) is 4.79 Å². The second-order valence-electron chi connectivity index (χ2n) is 5.21. The molecule has 6 nitrogen and oxygen atoms in total. The van der Waals surface area contributed by atoms with E-state index in [1.165, 1.54) is 6.21 Å². The van der Waals surface area contributed by atoms with Crippen LogP contribution >= 0.6 is 11.6 Å². The molecular formula is C18H20ClN3O3. The molecule has 0 spiro atoms. The Bertz CT molecular complexity index is 778. The van der Waals surface area contributed by atoms with Gasteiger partial charge in [-0.05, 0) is 42.8 Å². The molecule has 0 atom stereocenters. The second-order valence-corrected chi connectivity index (χ2v) is 5.65. The van der Waals surface area contributed by atoms with Gasteiger partial charge in [0.2, 0.25) is 0 Å². The topological polar surface area (TPSA) is 72.0 Å². The van der Waals surface area contributed by atoms with Crippen molar-refractivity contribution in [1.82, 2.24) is 5.43 Å². The highest BCUT2D eigenvalue weighted by Crippen LogP contribution is 2.23. The molecule has 2 rings (SSSR count). The van der Waals surface area contributed by atoms with Gasteiger partial charge in [0.05, 0.1) is 27.0 Å². The van der Waals surface area contributed by atoms with Gasteiger partial charge in [0.25, 0.3) is 5.91 Å². The van der Waals surface area contributed by atoms with Crippen molar-refractivity contribution in [3.8, 4) is 11.5 Å². The van der Waals surface area contributed by atoms with Crippen LogP contribution in [0, 0.1) is 6.92 Å². The molecule has 0 aliphatic heterocycles. The molecule has 0 aromatic heterocycles. The molecule has 0 aliphatic carbocycles. The molecule has 2 aromatic carbocycles. The second kappa shape index (κ2) is 8.94. The number of rotatable bonds is 7. The summed E-state index contributed by atoms with van der Waals surface area (Å²) in [6.07, 6.45) is 1.52. The summed E-state index contributed by atoms with van der Waals surface area (Å²) in [6, 6.07) is 10.8. The van der Waals surface area contributed by atoms with E-state index in [1.54, 1.807) is 38.5 Å². The van der Waals surface area contributed by atoms with Crippen molar-refractivity contribution >= 4 is 29.4 Å². The first-order chi connectivity index (χ1) is 12.0. The van der Waals surface area contributed by atoms with Crippen LogP contribution in [0.1, 0.15) is 11.1 Å². The zero-order valence-electron chi connectivity index (χ0n) is 14.3. The molecule has 0 fully saturated rings. The van der Waals surface area contributed by atoms with Gasteiger partial charge in [0.1, 0.15) is 11.5 Å². The third kappa shape index (κ3) is 5.39. The number of carbonyl (C=O) groups is 1. The van der Waals surface area contributed by atoms with E-state index in [4.69, 9.17) is 21.1 Å². The number of halogens is 1. The molecule has 25 heavy (non-hydrogen) atoms. The molecule has 0 saturated heterocycles. The molecule has 132 valence electrons. The van der Waals surface area contributed by atoms with Gasteiger partial charge in [0, 0.05) is 22.3 Å². The Balaban J connectivity index is 1.90. The maximum atomic E-state index is 11.9. The van der Waals surface area contributed by atoms with Crippen LogP contribution in [0.15, 0.2) is 41.5 Å². The van der Waals surface area contributed by atoms with Gasteiger partial charge in [0.15, 0.2) is 0 Å². The lowest BCUT2D eigenvalue weighted by molar-refractivity contribution is -0.119. The minimum absolute atomic E-state index is 0.0968. The number of nitrogens with zero attached hydrogens (tertiary/aromatic N) is 1. The van der Waals surface area contributed by atoms with Crippen LogP contribution in [0.25, 0.3) is 0 Å². The normalized spacial score (nSPS) is 10.6. The van der Waals surface area contributed by atoms with Crippen molar-refractivity contribution in [2.45, 2.75) is 6.92 Å². The van der Waals surface area contributed by atoms with Gasteiger partial charge < -0.3 is 14.8 Å². The first-order valence-electron chi connectivity index (χ1n) is 7.57. The van der Waals surface area contributed by atoms with Crippen molar-refractivity contribution in [1.29, 1.82) is 0 Å². The van der Waals surface area contributed by atoms with E-state index < -0.39 is 0 Å². The summed E-state index contributed by atoms with van der Waals surface area (Å²) in [5, 5.41) is 7.65. The fraction of sp³-hybridized carbons (Fsp3) is 0.222. The highest BCUT2D eigenvalue weighted by molar-refractivity contribution is 6.30. The average Bonchev–Trinajstić information content (AvgIpc) is 2.61. The van der Waals surface area contributed by atoms with Crippen molar-refractivity contribution in [2.24, 2.45) is 5.10 Å². The number of nitrogens with one attached hydrogen (secondary N) is 2. The van der Waals surface area contributed by atoms with Crippen LogP contribution in [0.2, 0.25) is 5.02 Å². The number of ether oxygens (including phenoxy) is 2. The number of methoxy groups -OCH3 is 2. The largest absolute Gasteiger partial charge is 0.497 e. The summed E-state index contributed by atoms with van der Waals surface area (Å²) in [6.45, 7) is 2.01. The summed E-state index contributed by atoms with van der Waals surface area (Å²) in [5.74, 6) is 1.02. The number of aryl methyl sites for hydroxylation is 1. The van der Waals surface area contributed by atoms with Crippen molar-refractivity contribution < 1.29 is 14.3 Å². The SMILES string of the molecule is COc1ccc(/C=N/NC(=O)CNc2ccc(Cl)cc2C)c(OC)c1. The number of anilines is 1. The predicted molar refractivity (Wildman–Crippen MR) is 100.0 cm³/mol. The van der Waals surface area contributed by atoms with Gasteiger partial charge in [-0.1, -0.05) is 11.6 Å². The van der Waals surface area contributed by atoms with E-state index in [9.17, 15) is 4.79 Å². The fourth-order valence-electron chi connectivity index (χ4n) is 2.14. The van der Waals surface area contributed by atoms with E-state index in [2.05, 4.69) is 15.8 Å². The molecule has 2 aromatic rings.